The molecule has 17 heavy (non-hydrogen) atoms. The Kier molecular flexibility index (Phi) is 5.56. The second kappa shape index (κ2) is 6.47. The molecule has 2 atom stereocenters. The second-order valence-corrected chi connectivity index (χ2v) is 5.57. The quantitative estimate of drug-likeness (QED) is 0.877. The smallest absolute Gasteiger partial charge is 0.128 e. The number of nitrogens with one attached hydrogen (secondary N) is 1. The Morgan fingerprint density at radius 1 is 1.41 bits per heavy atom. The molecular formula is C13H20BrFN2. The predicted molar refractivity (Wildman–Crippen MR) is 73.3 cm³/mol. The van der Waals surface area contributed by atoms with E-state index in [-0.39, 0.29) is 17.8 Å². The SMILES string of the molecule is CNCC(C(C)C)C(N)c1cc(Br)ccc1F. The molecular weight excluding hydrogens is 283 g/mol. The van der Waals surface area contributed by atoms with Crippen LogP contribution in [-0.4, -0.2) is 13.6 Å². The van der Waals surface area contributed by atoms with Gasteiger partial charge in [0.05, 0.1) is 0 Å². The number of hydrogen-bond acceptors (Lipinski definition) is 2. The van der Waals surface area contributed by atoms with E-state index in [2.05, 4.69) is 35.1 Å². The van der Waals surface area contributed by atoms with E-state index in [1.54, 1.807) is 12.1 Å². The van der Waals surface area contributed by atoms with Crippen molar-refractivity contribution in [1.82, 2.24) is 5.32 Å². The molecule has 0 spiro atoms. The van der Waals surface area contributed by atoms with E-state index in [1.807, 2.05) is 7.05 Å². The van der Waals surface area contributed by atoms with E-state index in [9.17, 15) is 4.39 Å². The Morgan fingerprint density at radius 3 is 2.59 bits per heavy atom. The topological polar surface area (TPSA) is 38.0 Å². The molecule has 0 saturated heterocycles. The largest absolute Gasteiger partial charge is 0.324 e. The molecule has 0 heterocycles. The molecule has 96 valence electrons. The molecule has 0 aliphatic heterocycles. The van der Waals surface area contributed by atoms with E-state index in [4.69, 9.17) is 5.73 Å². The van der Waals surface area contributed by atoms with E-state index < -0.39 is 0 Å². The lowest BCUT2D eigenvalue weighted by Crippen LogP contribution is -2.33. The Labute approximate surface area is 111 Å². The zero-order chi connectivity index (χ0) is 13.0. The highest BCUT2D eigenvalue weighted by Gasteiger charge is 2.24. The van der Waals surface area contributed by atoms with Gasteiger partial charge in [0.15, 0.2) is 0 Å². The van der Waals surface area contributed by atoms with Crippen LogP contribution in [-0.2, 0) is 0 Å². The lowest BCUT2D eigenvalue weighted by molar-refractivity contribution is 0.309. The van der Waals surface area contributed by atoms with E-state index in [0.29, 0.717) is 11.5 Å². The van der Waals surface area contributed by atoms with Gasteiger partial charge >= 0.3 is 0 Å². The first kappa shape index (κ1) is 14.6. The summed E-state index contributed by atoms with van der Waals surface area (Å²) in [5, 5.41) is 3.12. The van der Waals surface area contributed by atoms with Gasteiger partial charge in [0.2, 0.25) is 0 Å². The first-order chi connectivity index (χ1) is 7.97. The van der Waals surface area contributed by atoms with Gasteiger partial charge in [0.1, 0.15) is 5.82 Å². The Bertz CT molecular complexity index is 368. The first-order valence-corrected chi connectivity index (χ1v) is 6.61. The van der Waals surface area contributed by atoms with Crippen molar-refractivity contribution >= 4 is 15.9 Å². The number of nitrogens with two attached hydrogens (primary N) is 1. The standard InChI is InChI=1S/C13H20BrFN2/c1-8(2)11(7-17-3)13(16)10-6-9(14)4-5-12(10)15/h4-6,8,11,13,17H,7,16H2,1-3H3. The first-order valence-electron chi connectivity index (χ1n) is 5.82. The van der Waals surface area contributed by atoms with Crippen molar-refractivity contribution in [3.05, 3.63) is 34.1 Å². The Morgan fingerprint density at radius 2 is 2.06 bits per heavy atom. The van der Waals surface area contributed by atoms with Crippen molar-refractivity contribution in [2.24, 2.45) is 17.6 Å². The minimum atomic E-state index is -0.292. The second-order valence-electron chi connectivity index (χ2n) is 4.66. The minimum absolute atomic E-state index is 0.212. The van der Waals surface area contributed by atoms with Crippen molar-refractivity contribution in [2.75, 3.05) is 13.6 Å². The summed E-state index contributed by atoms with van der Waals surface area (Å²) < 4.78 is 14.6. The highest BCUT2D eigenvalue weighted by Crippen LogP contribution is 2.29. The zero-order valence-corrected chi connectivity index (χ0v) is 12.1. The van der Waals surface area contributed by atoms with Gasteiger partial charge in [-0.25, -0.2) is 4.39 Å². The van der Waals surface area contributed by atoms with Gasteiger partial charge in [0, 0.05) is 16.1 Å². The van der Waals surface area contributed by atoms with Crippen LogP contribution in [0.5, 0.6) is 0 Å². The molecule has 0 aromatic heterocycles. The van der Waals surface area contributed by atoms with Crippen LogP contribution in [0.1, 0.15) is 25.5 Å². The molecule has 0 aliphatic rings. The maximum atomic E-state index is 13.8. The summed E-state index contributed by atoms with van der Waals surface area (Å²) >= 11 is 3.35. The molecule has 0 amide bonds. The van der Waals surface area contributed by atoms with Crippen LogP contribution >= 0.6 is 15.9 Å². The fourth-order valence-corrected chi connectivity index (χ4v) is 2.39. The average Bonchev–Trinajstić information content (AvgIpc) is 2.28. The summed E-state index contributed by atoms with van der Waals surface area (Å²) in [6.45, 7) is 5.00. The summed E-state index contributed by atoms with van der Waals surface area (Å²) in [7, 11) is 1.89. The molecule has 1 aromatic rings. The van der Waals surface area contributed by atoms with E-state index >= 15 is 0 Å². The summed E-state index contributed by atoms with van der Waals surface area (Å²) in [6, 6.07) is 4.62. The molecule has 4 heteroatoms. The van der Waals surface area contributed by atoms with Crippen LogP contribution in [0.3, 0.4) is 0 Å². The summed E-state index contributed by atoms with van der Waals surface area (Å²) in [5.74, 6) is 0.377. The van der Waals surface area contributed by atoms with Crippen molar-refractivity contribution in [3.63, 3.8) is 0 Å². The summed E-state index contributed by atoms with van der Waals surface area (Å²) in [4.78, 5) is 0. The fraction of sp³-hybridized carbons (Fsp3) is 0.538. The maximum Gasteiger partial charge on any atom is 0.128 e. The third-order valence-corrected chi connectivity index (χ3v) is 3.57. The van der Waals surface area contributed by atoms with Gasteiger partial charge in [-0.05, 0) is 43.6 Å². The summed E-state index contributed by atoms with van der Waals surface area (Å²) in [5.41, 5.74) is 6.77. The Hall–Kier alpha value is -0.450. The molecule has 2 unspecified atom stereocenters. The minimum Gasteiger partial charge on any atom is -0.324 e. The third kappa shape index (κ3) is 3.76. The fourth-order valence-electron chi connectivity index (χ4n) is 2.01. The molecule has 0 aliphatic carbocycles. The van der Waals surface area contributed by atoms with Crippen LogP contribution in [0.15, 0.2) is 22.7 Å². The maximum absolute atomic E-state index is 13.8. The van der Waals surface area contributed by atoms with Gasteiger partial charge in [-0.1, -0.05) is 29.8 Å². The molecule has 0 bridgehead atoms. The van der Waals surface area contributed by atoms with Gasteiger partial charge in [-0.15, -0.1) is 0 Å². The molecule has 2 nitrogen and oxygen atoms in total. The molecule has 0 radical (unpaired) electrons. The van der Waals surface area contributed by atoms with Crippen molar-refractivity contribution in [1.29, 1.82) is 0 Å². The lowest BCUT2D eigenvalue weighted by Gasteiger charge is -2.27. The highest BCUT2D eigenvalue weighted by atomic mass is 79.9. The molecule has 1 aromatic carbocycles. The van der Waals surface area contributed by atoms with Gasteiger partial charge in [0.25, 0.3) is 0 Å². The Balaban J connectivity index is 2.99. The van der Waals surface area contributed by atoms with Crippen molar-refractivity contribution in [3.8, 4) is 0 Å². The van der Waals surface area contributed by atoms with Crippen LogP contribution in [0.2, 0.25) is 0 Å². The molecule has 3 N–H and O–H groups in total. The number of rotatable bonds is 5. The normalized spacial score (nSPS) is 15.0. The molecule has 1 rings (SSSR count). The molecule has 0 fully saturated rings. The predicted octanol–water partition coefficient (Wildman–Crippen LogP) is 3.08. The van der Waals surface area contributed by atoms with Crippen LogP contribution in [0, 0.1) is 17.7 Å². The monoisotopic (exact) mass is 302 g/mol. The summed E-state index contributed by atoms with van der Waals surface area (Å²) in [6.07, 6.45) is 0. The molecule has 0 saturated carbocycles. The zero-order valence-electron chi connectivity index (χ0n) is 10.5. The van der Waals surface area contributed by atoms with Crippen LogP contribution in [0.4, 0.5) is 4.39 Å². The average molecular weight is 303 g/mol. The third-order valence-electron chi connectivity index (χ3n) is 3.07. The van der Waals surface area contributed by atoms with E-state index in [0.717, 1.165) is 11.0 Å². The lowest BCUT2D eigenvalue weighted by atomic mass is 9.85. The number of halogens is 2. The van der Waals surface area contributed by atoms with Gasteiger partial charge in [-0.3, -0.25) is 0 Å². The van der Waals surface area contributed by atoms with Crippen molar-refractivity contribution < 1.29 is 4.39 Å². The number of benzene rings is 1. The van der Waals surface area contributed by atoms with E-state index in [1.165, 1.54) is 6.07 Å². The van der Waals surface area contributed by atoms with Gasteiger partial charge in [-0.2, -0.15) is 0 Å². The van der Waals surface area contributed by atoms with Crippen molar-refractivity contribution in [2.45, 2.75) is 19.9 Å². The highest BCUT2D eigenvalue weighted by molar-refractivity contribution is 9.10. The number of hydrogen-bond donors (Lipinski definition) is 2. The van der Waals surface area contributed by atoms with Crippen LogP contribution in [0.25, 0.3) is 0 Å². The van der Waals surface area contributed by atoms with Crippen LogP contribution < -0.4 is 11.1 Å². The van der Waals surface area contributed by atoms with Gasteiger partial charge < -0.3 is 11.1 Å².